The van der Waals surface area contributed by atoms with E-state index in [0.29, 0.717) is 24.5 Å². The average Bonchev–Trinajstić information content (AvgIpc) is 2.88. The Bertz CT molecular complexity index is 751. The van der Waals surface area contributed by atoms with Crippen LogP contribution in [0.25, 0.3) is 0 Å². The quantitative estimate of drug-likeness (QED) is 0.464. The highest BCUT2D eigenvalue weighted by Crippen LogP contribution is 2.35. The molecule has 2 heterocycles. The predicted molar refractivity (Wildman–Crippen MR) is 86.4 cm³/mol. The maximum absolute atomic E-state index is 12.1. The molecule has 2 aromatic rings. The zero-order valence-corrected chi connectivity index (χ0v) is 13.8. The molecule has 1 unspecified atom stereocenters. The number of pyridine rings is 1. The van der Waals surface area contributed by atoms with E-state index in [0.717, 1.165) is 21.3 Å². The van der Waals surface area contributed by atoms with Crippen molar-refractivity contribution >= 4 is 39.6 Å². The predicted octanol–water partition coefficient (Wildman–Crippen LogP) is 3.32. The van der Waals surface area contributed by atoms with Gasteiger partial charge >= 0.3 is 0 Å². The molecule has 4 nitrogen and oxygen atoms in total. The summed E-state index contributed by atoms with van der Waals surface area (Å²) in [5.41, 5.74) is 2.68. The first kappa shape index (κ1) is 15.3. The highest BCUT2D eigenvalue weighted by atomic mass is 79.9. The van der Waals surface area contributed by atoms with Crippen molar-refractivity contribution in [1.82, 2.24) is 9.88 Å². The lowest BCUT2D eigenvalue weighted by molar-refractivity contribution is -0.133. The Morgan fingerprint density at radius 2 is 2.14 bits per heavy atom. The second kappa shape index (κ2) is 6.28. The van der Waals surface area contributed by atoms with Gasteiger partial charge in [-0.2, -0.15) is 0 Å². The number of carbonyl (C=O) groups excluding carboxylic acids is 2. The van der Waals surface area contributed by atoms with Crippen LogP contribution in [0.5, 0.6) is 0 Å². The van der Waals surface area contributed by atoms with Gasteiger partial charge in [0.1, 0.15) is 11.2 Å². The van der Waals surface area contributed by atoms with Crippen LogP contribution >= 0.6 is 27.5 Å². The summed E-state index contributed by atoms with van der Waals surface area (Å²) in [6, 6.07) is 10.6. The molecule has 1 aliphatic rings. The lowest BCUT2D eigenvalue weighted by atomic mass is 10.0. The van der Waals surface area contributed by atoms with Crippen LogP contribution in [0.2, 0.25) is 5.15 Å². The number of hydrogen-bond donors (Lipinski definition) is 0. The van der Waals surface area contributed by atoms with Gasteiger partial charge in [-0.15, -0.1) is 0 Å². The average molecular weight is 380 g/mol. The fourth-order valence-corrected chi connectivity index (χ4v) is 3.27. The molecular formula is C16H12BrClN2O2. The van der Waals surface area contributed by atoms with Gasteiger partial charge in [0, 0.05) is 17.6 Å². The van der Waals surface area contributed by atoms with Gasteiger partial charge in [-0.3, -0.25) is 14.5 Å². The zero-order chi connectivity index (χ0) is 15.7. The van der Waals surface area contributed by atoms with Gasteiger partial charge in [-0.25, -0.2) is 4.98 Å². The number of nitrogens with zero attached hydrogens (tertiary/aromatic N) is 2. The Hall–Kier alpha value is -1.56. The Balaban J connectivity index is 1.95. The van der Waals surface area contributed by atoms with E-state index in [1.54, 1.807) is 6.07 Å². The molecule has 0 saturated carbocycles. The van der Waals surface area contributed by atoms with Crippen molar-refractivity contribution in [2.45, 2.75) is 19.1 Å². The zero-order valence-electron chi connectivity index (χ0n) is 11.5. The van der Waals surface area contributed by atoms with E-state index in [2.05, 4.69) is 20.9 Å². The van der Waals surface area contributed by atoms with E-state index in [1.165, 1.54) is 0 Å². The summed E-state index contributed by atoms with van der Waals surface area (Å²) < 4.78 is 0.824. The minimum atomic E-state index is -0.554. The minimum absolute atomic E-state index is 0.389. The van der Waals surface area contributed by atoms with E-state index in [-0.39, 0.29) is 0 Å². The SMILES string of the molecule is O=CC(=O)C1c2ccccc2CN1Cc1nc(Cl)ccc1Br. The maximum Gasteiger partial charge on any atom is 0.216 e. The normalized spacial score (nSPS) is 17.3. The number of aromatic nitrogens is 1. The second-order valence-corrected chi connectivity index (χ2v) is 6.33. The molecule has 1 aromatic heterocycles. The number of Topliss-reactive ketones (excluding diaryl/α,β-unsaturated/α-hetero) is 1. The summed E-state index contributed by atoms with van der Waals surface area (Å²) in [4.78, 5) is 29.3. The minimum Gasteiger partial charge on any atom is -0.295 e. The molecule has 3 rings (SSSR count). The van der Waals surface area contributed by atoms with Crippen LogP contribution in [-0.2, 0) is 22.7 Å². The van der Waals surface area contributed by atoms with Gasteiger partial charge in [0.2, 0.25) is 5.78 Å². The van der Waals surface area contributed by atoms with Gasteiger partial charge in [0.05, 0.1) is 5.69 Å². The fourth-order valence-electron chi connectivity index (χ4n) is 2.76. The summed E-state index contributed by atoms with van der Waals surface area (Å²) in [5, 5.41) is 0.396. The molecule has 0 radical (unpaired) electrons. The third-order valence-electron chi connectivity index (χ3n) is 3.71. The van der Waals surface area contributed by atoms with E-state index in [1.807, 2.05) is 35.2 Å². The monoisotopic (exact) mass is 378 g/mol. The summed E-state index contributed by atoms with van der Waals surface area (Å²) in [5.74, 6) is -0.442. The van der Waals surface area contributed by atoms with Crippen LogP contribution in [0.3, 0.4) is 0 Å². The van der Waals surface area contributed by atoms with Gasteiger partial charge < -0.3 is 0 Å². The van der Waals surface area contributed by atoms with Crippen molar-refractivity contribution in [2.24, 2.45) is 0 Å². The van der Waals surface area contributed by atoms with Gasteiger partial charge in [0.25, 0.3) is 0 Å². The first-order chi connectivity index (χ1) is 10.6. The number of carbonyl (C=O) groups is 2. The molecule has 0 aliphatic carbocycles. The van der Waals surface area contributed by atoms with Crippen molar-refractivity contribution < 1.29 is 9.59 Å². The lowest BCUT2D eigenvalue weighted by Gasteiger charge is -2.22. The molecule has 112 valence electrons. The van der Waals surface area contributed by atoms with Gasteiger partial charge in [-0.05, 0) is 39.2 Å². The fraction of sp³-hybridized carbons (Fsp3) is 0.188. The number of rotatable bonds is 4. The first-order valence-electron chi connectivity index (χ1n) is 6.72. The third-order valence-corrected chi connectivity index (χ3v) is 4.64. The lowest BCUT2D eigenvalue weighted by Crippen LogP contribution is -2.29. The van der Waals surface area contributed by atoms with Crippen molar-refractivity contribution in [3.05, 3.63) is 62.8 Å². The smallest absolute Gasteiger partial charge is 0.216 e. The highest BCUT2D eigenvalue weighted by molar-refractivity contribution is 9.10. The molecule has 22 heavy (non-hydrogen) atoms. The molecule has 0 fully saturated rings. The summed E-state index contributed by atoms with van der Waals surface area (Å²) >= 11 is 9.39. The first-order valence-corrected chi connectivity index (χ1v) is 7.89. The largest absolute Gasteiger partial charge is 0.295 e. The third kappa shape index (κ3) is 2.84. The van der Waals surface area contributed by atoms with Crippen LogP contribution in [0.15, 0.2) is 40.9 Å². The molecule has 1 aliphatic heterocycles. The Labute approximate surface area is 141 Å². The highest BCUT2D eigenvalue weighted by Gasteiger charge is 2.35. The number of ketones is 1. The Morgan fingerprint density at radius 3 is 2.91 bits per heavy atom. The van der Waals surface area contributed by atoms with Crippen LogP contribution in [-0.4, -0.2) is 22.0 Å². The Morgan fingerprint density at radius 1 is 1.36 bits per heavy atom. The standard InChI is InChI=1S/C16H12BrClN2O2/c17-12-5-6-15(18)19-13(12)8-20-7-10-3-1-2-4-11(10)16(20)14(22)9-21/h1-6,9,16H,7-8H2. The molecule has 0 amide bonds. The van der Waals surface area contributed by atoms with Crippen LogP contribution in [0.4, 0.5) is 0 Å². The topological polar surface area (TPSA) is 50.3 Å². The number of fused-ring (bicyclic) bond motifs is 1. The van der Waals surface area contributed by atoms with Gasteiger partial charge in [0.15, 0.2) is 6.29 Å². The van der Waals surface area contributed by atoms with E-state index >= 15 is 0 Å². The molecule has 0 spiro atoms. The second-order valence-electron chi connectivity index (χ2n) is 5.09. The van der Waals surface area contributed by atoms with Crippen molar-refractivity contribution in [3.8, 4) is 0 Å². The molecule has 1 aromatic carbocycles. The molecule has 1 atom stereocenters. The molecule has 0 N–H and O–H groups in total. The molecular weight excluding hydrogens is 368 g/mol. The van der Waals surface area contributed by atoms with Crippen LogP contribution in [0, 0.1) is 0 Å². The molecule has 6 heteroatoms. The van der Waals surface area contributed by atoms with E-state index < -0.39 is 11.8 Å². The van der Waals surface area contributed by atoms with Crippen molar-refractivity contribution in [1.29, 1.82) is 0 Å². The molecule has 0 bridgehead atoms. The Kier molecular flexibility index (Phi) is 4.38. The summed E-state index contributed by atoms with van der Waals surface area (Å²) in [6.45, 7) is 1.03. The number of hydrogen-bond acceptors (Lipinski definition) is 4. The number of halogens is 2. The van der Waals surface area contributed by atoms with E-state index in [4.69, 9.17) is 11.6 Å². The summed E-state index contributed by atoms with van der Waals surface area (Å²) in [7, 11) is 0. The van der Waals surface area contributed by atoms with Crippen LogP contribution in [0.1, 0.15) is 22.9 Å². The molecule has 0 saturated heterocycles. The van der Waals surface area contributed by atoms with Crippen molar-refractivity contribution in [2.75, 3.05) is 0 Å². The number of benzene rings is 1. The van der Waals surface area contributed by atoms with Gasteiger partial charge in [-0.1, -0.05) is 35.9 Å². The number of aldehydes is 1. The van der Waals surface area contributed by atoms with E-state index in [9.17, 15) is 9.59 Å². The summed E-state index contributed by atoms with van der Waals surface area (Å²) in [6.07, 6.45) is 0.389. The maximum atomic E-state index is 12.1. The van der Waals surface area contributed by atoms with Crippen LogP contribution < -0.4 is 0 Å². The van der Waals surface area contributed by atoms with Crippen molar-refractivity contribution in [3.63, 3.8) is 0 Å².